The third-order valence-corrected chi connectivity index (χ3v) is 4.80. The molecule has 2 aromatic carbocycles. The Morgan fingerprint density at radius 1 is 1.17 bits per heavy atom. The summed E-state index contributed by atoms with van der Waals surface area (Å²) in [5, 5.41) is 34.1. The smallest absolute Gasteiger partial charge is 0.273 e. The van der Waals surface area contributed by atoms with Crippen molar-refractivity contribution >= 4 is 28.2 Å². The first-order chi connectivity index (χ1) is 14.3. The number of phenols is 1. The van der Waals surface area contributed by atoms with Crippen LogP contribution in [0, 0.1) is 10.1 Å². The van der Waals surface area contributed by atoms with E-state index in [9.17, 15) is 29.9 Å². The number of phenolic OH excluding ortho intramolecular Hbond substituents is 1. The van der Waals surface area contributed by atoms with Crippen LogP contribution in [0.25, 0.3) is 10.9 Å². The van der Waals surface area contributed by atoms with E-state index in [1.807, 2.05) is 6.92 Å². The number of non-ortho nitro benzene ring substituents is 1. The second kappa shape index (κ2) is 8.64. The van der Waals surface area contributed by atoms with E-state index < -0.39 is 33.5 Å². The van der Waals surface area contributed by atoms with Crippen LogP contribution in [0.4, 0.5) is 11.4 Å². The van der Waals surface area contributed by atoms with Crippen LogP contribution in [0.1, 0.15) is 36.5 Å². The monoisotopic (exact) mass is 411 g/mol. The number of unbranched alkanes of at least 4 members (excludes halogenated alkanes) is 2. The molecule has 1 amide bonds. The van der Waals surface area contributed by atoms with Gasteiger partial charge in [0.1, 0.15) is 17.1 Å². The van der Waals surface area contributed by atoms with E-state index in [1.165, 1.54) is 4.57 Å². The lowest BCUT2D eigenvalue weighted by Crippen LogP contribution is -2.30. The number of fused-ring (bicyclic) bond motifs is 1. The summed E-state index contributed by atoms with van der Waals surface area (Å²) in [5.74, 6) is -1.90. The van der Waals surface area contributed by atoms with Crippen LogP contribution in [0.3, 0.4) is 0 Å². The van der Waals surface area contributed by atoms with Crippen LogP contribution in [-0.4, -0.2) is 25.6 Å². The molecule has 0 bridgehead atoms. The van der Waals surface area contributed by atoms with Crippen molar-refractivity contribution < 1.29 is 19.9 Å². The van der Waals surface area contributed by atoms with Crippen molar-refractivity contribution in [3.8, 4) is 11.5 Å². The van der Waals surface area contributed by atoms with Crippen LogP contribution >= 0.6 is 0 Å². The van der Waals surface area contributed by atoms with Gasteiger partial charge in [0.15, 0.2) is 0 Å². The van der Waals surface area contributed by atoms with Crippen LogP contribution in [-0.2, 0) is 6.54 Å². The van der Waals surface area contributed by atoms with Gasteiger partial charge in [-0.1, -0.05) is 31.9 Å². The van der Waals surface area contributed by atoms with Gasteiger partial charge in [-0.05, 0) is 24.6 Å². The Labute approximate surface area is 171 Å². The predicted molar refractivity (Wildman–Crippen MR) is 112 cm³/mol. The maximum Gasteiger partial charge on any atom is 0.273 e. The average Bonchev–Trinajstić information content (AvgIpc) is 2.72. The highest BCUT2D eigenvalue weighted by molar-refractivity contribution is 6.09. The number of amides is 1. The minimum atomic E-state index is -0.920. The molecule has 3 rings (SSSR count). The van der Waals surface area contributed by atoms with Crippen molar-refractivity contribution in [1.29, 1.82) is 0 Å². The van der Waals surface area contributed by atoms with Crippen LogP contribution < -0.4 is 10.9 Å². The Bertz CT molecular complexity index is 1190. The van der Waals surface area contributed by atoms with Gasteiger partial charge in [0.25, 0.3) is 17.2 Å². The third-order valence-electron chi connectivity index (χ3n) is 4.80. The van der Waals surface area contributed by atoms with E-state index in [4.69, 9.17) is 0 Å². The van der Waals surface area contributed by atoms with E-state index in [0.717, 1.165) is 37.5 Å². The predicted octanol–water partition coefficient (Wildman–Crippen LogP) is 3.76. The standard InChI is InChI=1S/C21H21N3O6/c1-2-3-6-11-23-16-8-5-4-7-14(16)19(26)18(21(23)28)20(27)22-15-10-9-13(24(29)30)12-17(15)25/h4-5,7-10,12,25-26H,2-3,6,11H2,1H3,(H,22,27). The number of anilines is 1. The number of carbonyl (C=O) groups excluding carboxylic acids is 1. The Kier molecular flexibility index (Phi) is 6.01. The number of nitro groups is 1. The van der Waals surface area contributed by atoms with Gasteiger partial charge < -0.3 is 20.1 Å². The molecule has 0 fully saturated rings. The van der Waals surface area contributed by atoms with Gasteiger partial charge in [0, 0.05) is 18.0 Å². The van der Waals surface area contributed by atoms with Crippen LogP contribution in [0.15, 0.2) is 47.3 Å². The maximum absolute atomic E-state index is 13.0. The van der Waals surface area contributed by atoms with Crippen molar-refractivity contribution in [2.45, 2.75) is 32.7 Å². The number of nitrogens with one attached hydrogen (secondary N) is 1. The minimum Gasteiger partial charge on any atom is -0.506 e. The van der Waals surface area contributed by atoms with Crippen molar-refractivity contribution in [3.63, 3.8) is 0 Å². The summed E-state index contributed by atoms with van der Waals surface area (Å²) in [4.78, 5) is 36.0. The van der Waals surface area contributed by atoms with Gasteiger partial charge in [0.05, 0.1) is 22.2 Å². The average molecular weight is 411 g/mol. The van der Waals surface area contributed by atoms with E-state index in [0.29, 0.717) is 17.4 Å². The highest BCUT2D eigenvalue weighted by atomic mass is 16.6. The number of benzene rings is 2. The summed E-state index contributed by atoms with van der Waals surface area (Å²) in [5.41, 5.74) is -1.05. The molecule has 1 aromatic heterocycles. The molecular weight excluding hydrogens is 390 g/mol. The van der Waals surface area contributed by atoms with Gasteiger partial charge in [-0.2, -0.15) is 0 Å². The topological polar surface area (TPSA) is 135 Å². The summed E-state index contributed by atoms with van der Waals surface area (Å²) < 4.78 is 1.45. The molecule has 0 aliphatic rings. The third kappa shape index (κ3) is 3.95. The summed E-state index contributed by atoms with van der Waals surface area (Å²) in [6, 6.07) is 9.90. The number of aromatic hydroxyl groups is 2. The van der Waals surface area contributed by atoms with E-state index in [2.05, 4.69) is 5.32 Å². The molecule has 3 N–H and O–H groups in total. The van der Waals surface area contributed by atoms with Gasteiger partial charge in [-0.25, -0.2) is 0 Å². The molecule has 0 atom stereocenters. The SMILES string of the molecule is CCCCCn1c(=O)c(C(=O)Nc2ccc([N+](=O)[O-])cc2O)c(O)c2ccccc21. The molecular formula is C21H21N3O6. The first-order valence-electron chi connectivity index (χ1n) is 9.48. The number of hydrogen-bond acceptors (Lipinski definition) is 6. The molecule has 0 aliphatic carbocycles. The van der Waals surface area contributed by atoms with E-state index in [-0.39, 0.29) is 11.4 Å². The molecule has 0 saturated carbocycles. The number of para-hydroxylation sites is 1. The number of carbonyl (C=O) groups is 1. The second-order valence-electron chi connectivity index (χ2n) is 6.82. The highest BCUT2D eigenvalue weighted by Gasteiger charge is 2.23. The largest absolute Gasteiger partial charge is 0.506 e. The number of nitro benzene ring substituents is 1. The number of pyridine rings is 1. The normalized spacial score (nSPS) is 10.8. The Balaban J connectivity index is 2.05. The van der Waals surface area contributed by atoms with Crippen molar-refractivity contribution in [2.75, 3.05) is 5.32 Å². The summed E-state index contributed by atoms with van der Waals surface area (Å²) in [6.07, 6.45) is 2.59. The second-order valence-corrected chi connectivity index (χ2v) is 6.82. The van der Waals surface area contributed by atoms with Crippen molar-refractivity contribution in [3.05, 3.63) is 68.5 Å². The van der Waals surface area contributed by atoms with Gasteiger partial charge in [0.2, 0.25) is 0 Å². The molecule has 9 nitrogen and oxygen atoms in total. The molecule has 0 saturated heterocycles. The molecule has 156 valence electrons. The van der Waals surface area contributed by atoms with Gasteiger partial charge in [-0.15, -0.1) is 0 Å². The fourth-order valence-corrected chi connectivity index (χ4v) is 3.26. The quantitative estimate of drug-likeness (QED) is 0.234. The fraction of sp³-hybridized carbons (Fsp3) is 0.238. The maximum atomic E-state index is 13.0. The van der Waals surface area contributed by atoms with Crippen molar-refractivity contribution in [2.24, 2.45) is 0 Å². The minimum absolute atomic E-state index is 0.116. The van der Waals surface area contributed by atoms with Crippen molar-refractivity contribution in [1.82, 2.24) is 4.57 Å². The summed E-state index contributed by atoms with van der Waals surface area (Å²) >= 11 is 0. The number of aryl methyl sites for hydroxylation is 1. The van der Waals surface area contributed by atoms with E-state index >= 15 is 0 Å². The zero-order valence-corrected chi connectivity index (χ0v) is 16.3. The Hall–Kier alpha value is -3.88. The van der Waals surface area contributed by atoms with Crippen LogP contribution in [0.5, 0.6) is 11.5 Å². The summed E-state index contributed by atoms with van der Waals surface area (Å²) in [7, 11) is 0. The lowest BCUT2D eigenvalue weighted by Gasteiger charge is -2.15. The number of nitrogens with zero attached hydrogens (tertiary/aromatic N) is 2. The van der Waals surface area contributed by atoms with Gasteiger partial charge >= 0.3 is 0 Å². The molecule has 1 heterocycles. The number of aromatic nitrogens is 1. The Morgan fingerprint density at radius 3 is 2.57 bits per heavy atom. The number of rotatable bonds is 7. The first-order valence-corrected chi connectivity index (χ1v) is 9.48. The summed E-state index contributed by atoms with van der Waals surface area (Å²) in [6.45, 7) is 2.42. The molecule has 0 unspecified atom stereocenters. The zero-order chi connectivity index (χ0) is 21.8. The van der Waals surface area contributed by atoms with E-state index in [1.54, 1.807) is 24.3 Å². The fourth-order valence-electron chi connectivity index (χ4n) is 3.26. The van der Waals surface area contributed by atoms with Gasteiger partial charge in [-0.3, -0.25) is 19.7 Å². The molecule has 30 heavy (non-hydrogen) atoms. The molecule has 0 radical (unpaired) electrons. The Morgan fingerprint density at radius 2 is 1.90 bits per heavy atom. The zero-order valence-electron chi connectivity index (χ0n) is 16.3. The van der Waals surface area contributed by atoms with Crippen LogP contribution in [0.2, 0.25) is 0 Å². The number of hydrogen-bond donors (Lipinski definition) is 3. The lowest BCUT2D eigenvalue weighted by molar-refractivity contribution is -0.384. The molecule has 9 heteroatoms. The lowest BCUT2D eigenvalue weighted by atomic mass is 10.1. The molecule has 0 aliphatic heterocycles. The molecule has 0 spiro atoms. The highest BCUT2D eigenvalue weighted by Crippen LogP contribution is 2.30. The first kappa shape index (κ1) is 20.8. The molecule has 3 aromatic rings.